The van der Waals surface area contributed by atoms with Crippen LogP contribution in [0.3, 0.4) is 0 Å². The molecular formula is C13H20O. The second-order valence-corrected chi connectivity index (χ2v) is 4.32. The van der Waals surface area contributed by atoms with E-state index < -0.39 is 0 Å². The van der Waals surface area contributed by atoms with Gasteiger partial charge in [0.15, 0.2) is 0 Å². The zero-order valence-corrected chi connectivity index (χ0v) is 9.42. The number of hydrogen-bond donors (Lipinski definition) is 0. The minimum absolute atomic E-state index is 0.764. The van der Waals surface area contributed by atoms with Crippen molar-refractivity contribution in [1.29, 1.82) is 0 Å². The van der Waals surface area contributed by atoms with Crippen molar-refractivity contribution in [3.63, 3.8) is 0 Å². The summed E-state index contributed by atoms with van der Waals surface area (Å²) < 4.78 is 5.02. The molecule has 1 rings (SSSR count). The van der Waals surface area contributed by atoms with E-state index in [0.717, 1.165) is 18.8 Å². The van der Waals surface area contributed by atoms with Crippen LogP contribution in [0, 0.1) is 5.92 Å². The summed E-state index contributed by atoms with van der Waals surface area (Å²) in [6, 6.07) is 2.03. The van der Waals surface area contributed by atoms with Crippen LogP contribution in [0.25, 0.3) is 0 Å². The summed E-state index contributed by atoms with van der Waals surface area (Å²) in [5.41, 5.74) is 2.79. The maximum absolute atomic E-state index is 5.02. The molecule has 0 amide bonds. The van der Waals surface area contributed by atoms with E-state index in [0.29, 0.717) is 0 Å². The summed E-state index contributed by atoms with van der Waals surface area (Å²) in [5.74, 6) is 0.764. The van der Waals surface area contributed by atoms with Gasteiger partial charge in [-0.25, -0.2) is 0 Å². The first-order chi connectivity index (χ1) is 6.68. The van der Waals surface area contributed by atoms with Gasteiger partial charge in [-0.15, -0.1) is 0 Å². The molecule has 0 radical (unpaired) electrons. The molecule has 0 aliphatic rings. The van der Waals surface area contributed by atoms with Crippen molar-refractivity contribution in [2.45, 2.75) is 40.0 Å². The van der Waals surface area contributed by atoms with Gasteiger partial charge in [0.25, 0.3) is 0 Å². The molecule has 0 aliphatic heterocycles. The van der Waals surface area contributed by atoms with Crippen LogP contribution in [0.15, 0.2) is 34.7 Å². The lowest BCUT2D eigenvalue weighted by Gasteiger charge is -2.04. The zero-order valence-electron chi connectivity index (χ0n) is 9.42. The molecule has 0 atom stereocenters. The average molecular weight is 192 g/mol. The highest BCUT2D eigenvalue weighted by molar-refractivity contribution is 5.08. The third kappa shape index (κ3) is 4.31. The largest absolute Gasteiger partial charge is 0.472 e. The molecule has 0 fully saturated rings. The first-order valence-corrected chi connectivity index (χ1v) is 5.35. The summed E-state index contributed by atoms with van der Waals surface area (Å²) in [5, 5.41) is 0. The van der Waals surface area contributed by atoms with Crippen molar-refractivity contribution < 1.29 is 4.42 Å². The van der Waals surface area contributed by atoms with Gasteiger partial charge in [0, 0.05) is 0 Å². The summed E-state index contributed by atoms with van der Waals surface area (Å²) in [7, 11) is 0. The van der Waals surface area contributed by atoms with E-state index >= 15 is 0 Å². The van der Waals surface area contributed by atoms with Crippen molar-refractivity contribution in [1.82, 2.24) is 0 Å². The van der Waals surface area contributed by atoms with Gasteiger partial charge in [-0.1, -0.05) is 25.5 Å². The minimum Gasteiger partial charge on any atom is -0.472 e. The number of hydrogen-bond acceptors (Lipinski definition) is 1. The normalized spacial score (nSPS) is 12.4. The Morgan fingerprint density at radius 3 is 2.86 bits per heavy atom. The lowest BCUT2D eigenvalue weighted by Crippen LogP contribution is -1.88. The van der Waals surface area contributed by atoms with E-state index in [1.165, 1.54) is 17.6 Å². The molecule has 0 N–H and O–H groups in total. The van der Waals surface area contributed by atoms with Crippen LogP contribution in [0.5, 0.6) is 0 Å². The quantitative estimate of drug-likeness (QED) is 0.637. The fourth-order valence-electron chi connectivity index (χ4n) is 1.65. The second kappa shape index (κ2) is 5.69. The summed E-state index contributed by atoms with van der Waals surface area (Å²) in [4.78, 5) is 0. The van der Waals surface area contributed by atoms with E-state index in [1.807, 2.05) is 12.3 Å². The van der Waals surface area contributed by atoms with Crippen molar-refractivity contribution in [3.8, 4) is 0 Å². The molecule has 78 valence electrons. The highest BCUT2D eigenvalue weighted by Gasteiger charge is 1.96. The van der Waals surface area contributed by atoms with E-state index in [2.05, 4.69) is 26.8 Å². The lowest BCUT2D eigenvalue weighted by atomic mass is 10.0. The van der Waals surface area contributed by atoms with Crippen molar-refractivity contribution in [2.75, 3.05) is 0 Å². The van der Waals surface area contributed by atoms with E-state index in [-0.39, 0.29) is 0 Å². The first-order valence-electron chi connectivity index (χ1n) is 5.35. The van der Waals surface area contributed by atoms with Crippen molar-refractivity contribution >= 4 is 0 Å². The van der Waals surface area contributed by atoms with Gasteiger partial charge in [0.05, 0.1) is 12.5 Å². The van der Waals surface area contributed by atoms with Crippen LogP contribution in [0.4, 0.5) is 0 Å². The van der Waals surface area contributed by atoms with E-state index in [9.17, 15) is 0 Å². The highest BCUT2D eigenvalue weighted by Crippen LogP contribution is 2.12. The molecule has 0 aliphatic carbocycles. The molecule has 0 aromatic carbocycles. The second-order valence-electron chi connectivity index (χ2n) is 4.32. The van der Waals surface area contributed by atoms with Gasteiger partial charge in [0.1, 0.15) is 0 Å². The van der Waals surface area contributed by atoms with Gasteiger partial charge >= 0.3 is 0 Å². The van der Waals surface area contributed by atoms with Gasteiger partial charge in [-0.2, -0.15) is 0 Å². The molecule has 0 bridgehead atoms. The Kier molecular flexibility index (Phi) is 4.51. The fraction of sp³-hybridized carbons (Fsp3) is 0.538. The predicted molar refractivity (Wildman–Crippen MR) is 60.2 cm³/mol. The van der Waals surface area contributed by atoms with E-state index in [1.54, 1.807) is 6.26 Å². The SMILES string of the molecule is C/C(=C\CCc1ccoc1)CC(C)C. The average Bonchev–Trinajstić information content (AvgIpc) is 2.55. The molecule has 0 unspecified atom stereocenters. The van der Waals surface area contributed by atoms with Crippen molar-refractivity contribution in [2.24, 2.45) is 5.92 Å². The van der Waals surface area contributed by atoms with Crippen LogP contribution in [0.1, 0.15) is 39.2 Å². The van der Waals surface area contributed by atoms with Crippen LogP contribution in [-0.2, 0) is 6.42 Å². The van der Waals surface area contributed by atoms with Gasteiger partial charge < -0.3 is 4.42 Å². The molecule has 1 aromatic rings. The standard InChI is InChI=1S/C13H20O/c1-11(2)9-12(3)5-4-6-13-7-8-14-10-13/h5,7-8,10-11H,4,6,9H2,1-3H3/b12-5+. The molecule has 0 saturated carbocycles. The molecule has 0 saturated heterocycles. The Labute approximate surface area is 86.8 Å². The van der Waals surface area contributed by atoms with Crippen LogP contribution < -0.4 is 0 Å². The Morgan fingerprint density at radius 1 is 1.50 bits per heavy atom. The topological polar surface area (TPSA) is 13.1 Å². The Morgan fingerprint density at radius 2 is 2.29 bits per heavy atom. The first kappa shape index (κ1) is 11.1. The molecule has 0 spiro atoms. The highest BCUT2D eigenvalue weighted by atomic mass is 16.3. The predicted octanol–water partition coefficient (Wildman–Crippen LogP) is 4.20. The Balaban J connectivity index is 2.26. The van der Waals surface area contributed by atoms with Gasteiger partial charge in [0.2, 0.25) is 0 Å². The summed E-state index contributed by atoms with van der Waals surface area (Å²) >= 11 is 0. The van der Waals surface area contributed by atoms with Crippen LogP contribution >= 0.6 is 0 Å². The minimum atomic E-state index is 0.764. The number of furan rings is 1. The lowest BCUT2D eigenvalue weighted by molar-refractivity contribution is 0.563. The molecular weight excluding hydrogens is 172 g/mol. The van der Waals surface area contributed by atoms with Gasteiger partial charge in [-0.3, -0.25) is 0 Å². The molecule has 14 heavy (non-hydrogen) atoms. The monoisotopic (exact) mass is 192 g/mol. The number of allylic oxidation sites excluding steroid dienone is 2. The zero-order chi connectivity index (χ0) is 10.4. The maximum atomic E-state index is 5.02. The third-order valence-electron chi connectivity index (χ3n) is 2.24. The third-order valence-corrected chi connectivity index (χ3v) is 2.24. The number of rotatable bonds is 5. The Bertz CT molecular complexity index is 267. The molecule has 1 heterocycles. The van der Waals surface area contributed by atoms with Gasteiger partial charge in [-0.05, 0) is 43.7 Å². The summed E-state index contributed by atoms with van der Waals surface area (Å²) in [6.45, 7) is 6.73. The van der Waals surface area contributed by atoms with Crippen LogP contribution in [0.2, 0.25) is 0 Å². The smallest absolute Gasteiger partial charge is 0.0934 e. The van der Waals surface area contributed by atoms with Crippen LogP contribution in [-0.4, -0.2) is 0 Å². The maximum Gasteiger partial charge on any atom is 0.0934 e. The fourth-order valence-corrected chi connectivity index (χ4v) is 1.65. The summed E-state index contributed by atoms with van der Waals surface area (Å²) in [6.07, 6.45) is 9.33. The Hall–Kier alpha value is -0.980. The molecule has 1 heteroatoms. The van der Waals surface area contributed by atoms with E-state index in [4.69, 9.17) is 4.42 Å². The molecule has 1 aromatic heterocycles. The molecule has 1 nitrogen and oxygen atoms in total. The van der Waals surface area contributed by atoms with Crippen molar-refractivity contribution in [3.05, 3.63) is 35.8 Å². The number of aryl methyl sites for hydroxylation is 1.